The zero-order chi connectivity index (χ0) is 57.5. The molecule has 0 bridgehead atoms. The monoisotopic (exact) mass is 1200 g/mol. The second-order valence-electron chi connectivity index (χ2n) is 17.6. The molecule has 22 nitrogen and oxygen atoms in total. The van der Waals surface area contributed by atoms with Gasteiger partial charge in [0, 0.05) is 98.4 Å². The van der Waals surface area contributed by atoms with Crippen LogP contribution >= 0.6 is 15.9 Å². The zero-order valence-corrected chi connectivity index (χ0v) is 46.8. The van der Waals surface area contributed by atoms with Crippen LogP contribution in [0.25, 0.3) is 22.5 Å². The number of pyridine rings is 2. The van der Waals surface area contributed by atoms with Crippen LogP contribution in [0.2, 0.25) is 0 Å². The van der Waals surface area contributed by atoms with Gasteiger partial charge in [-0.1, -0.05) is 40.6 Å². The highest BCUT2D eigenvalue weighted by atomic mass is 79.9. The number of halogens is 3. The predicted octanol–water partition coefficient (Wildman–Crippen LogP) is 7.03. The number of fused-ring (bicyclic) bond motifs is 2. The molecule has 28 heteroatoms. The van der Waals surface area contributed by atoms with Crippen LogP contribution in [-0.4, -0.2) is 99.1 Å². The molecule has 0 aliphatic carbocycles. The summed E-state index contributed by atoms with van der Waals surface area (Å²) in [6, 6.07) is 24.7. The van der Waals surface area contributed by atoms with E-state index in [4.69, 9.17) is 28.6 Å². The van der Waals surface area contributed by atoms with Gasteiger partial charge in [0.25, 0.3) is 11.1 Å². The number of hydrogen-bond donors (Lipinski definition) is 3. The van der Waals surface area contributed by atoms with E-state index >= 15 is 4.39 Å². The summed E-state index contributed by atoms with van der Waals surface area (Å²) in [5.41, 5.74) is 4.95. The molecule has 10 rings (SSSR count). The van der Waals surface area contributed by atoms with Gasteiger partial charge in [-0.3, -0.25) is 28.2 Å². The van der Waals surface area contributed by atoms with Crippen molar-refractivity contribution in [1.29, 1.82) is 0 Å². The van der Waals surface area contributed by atoms with Crippen molar-refractivity contribution in [2.45, 2.75) is 39.8 Å². The molecule has 6 heterocycles. The summed E-state index contributed by atoms with van der Waals surface area (Å²) >= 11 is 3.11. The van der Waals surface area contributed by atoms with Gasteiger partial charge in [0.2, 0.25) is 0 Å². The molecule has 8 aromatic rings. The quantitative estimate of drug-likeness (QED) is 0.0870. The summed E-state index contributed by atoms with van der Waals surface area (Å²) in [6.07, 6.45) is 2.97. The lowest BCUT2D eigenvalue weighted by Crippen LogP contribution is -2.41. The Bertz CT molecular complexity index is 3890. The summed E-state index contributed by atoms with van der Waals surface area (Å²) < 4.78 is 126. The van der Waals surface area contributed by atoms with Crippen molar-refractivity contribution in [3.8, 4) is 51.2 Å². The maximum Gasteiger partial charge on any atom is 0.569 e. The van der Waals surface area contributed by atoms with E-state index in [1.54, 1.807) is 56.7 Å². The van der Waals surface area contributed by atoms with E-state index in [-0.39, 0.29) is 83.2 Å². The van der Waals surface area contributed by atoms with Crippen molar-refractivity contribution in [2.24, 2.45) is 0 Å². The summed E-state index contributed by atoms with van der Waals surface area (Å²) in [6.45, 7) is 4.08. The molecular weight excluding hydrogens is 1150 g/mol. The summed E-state index contributed by atoms with van der Waals surface area (Å²) in [4.78, 5) is 25.7. The molecule has 4 aromatic carbocycles. The van der Waals surface area contributed by atoms with Crippen LogP contribution < -0.4 is 44.2 Å². The number of aryl methyl sites for hydroxylation is 2. The second-order valence-corrected chi connectivity index (χ2v) is 21.8. The van der Waals surface area contributed by atoms with Gasteiger partial charge < -0.3 is 37.7 Å². The molecule has 0 atom stereocenters. The number of hydrogen-bond acceptors (Lipinski definition) is 16. The van der Waals surface area contributed by atoms with E-state index in [1.165, 1.54) is 87.0 Å². The van der Waals surface area contributed by atoms with E-state index in [0.29, 0.717) is 58.8 Å². The first kappa shape index (κ1) is 58.1. The lowest BCUT2D eigenvalue weighted by atomic mass is 10.0. The van der Waals surface area contributed by atoms with Crippen LogP contribution in [0.3, 0.4) is 0 Å². The Morgan fingerprint density at radius 2 is 1.09 bits per heavy atom. The van der Waals surface area contributed by atoms with E-state index in [9.17, 15) is 30.8 Å². The van der Waals surface area contributed by atoms with Crippen LogP contribution in [-0.2, 0) is 46.3 Å². The SMILES string of the molecule is COc1cc(-c2cc(OC)c(-n3c4c(ccc3=O)CN(S(=O)(=O)Nc3ccon3)CC4)cc2F)ccc1C.COc1cc(Br)c(F)cc1-n1c2c(ccc1=O)CN(S(=O)(=O)Nc1ccon1)CC2.COc1cc(O[B]O)ccc1C. The van der Waals surface area contributed by atoms with Crippen LogP contribution in [0.1, 0.15) is 33.6 Å². The number of benzene rings is 4. The molecular formula is C52H51BBrF2N8O14S2. The van der Waals surface area contributed by atoms with Gasteiger partial charge in [-0.15, -0.1) is 0 Å². The Labute approximate surface area is 466 Å². The van der Waals surface area contributed by atoms with Crippen molar-refractivity contribution in [2.75, 3.05) is 51.0 Å². The van der Waals surface area contributed by atoms with Crippen LogP contribution in [0.5, 0.6) is 28.7 Å². The number of methoxy groups -OCH3 is 4. The highest BCUT2D eigenvalue weighted by Gasteiger charge is 2.32. The Balaban J connectivity index is 0.000000178. The lowest BCUT2D eigenvalue weighted by Gasteiger charge is -2.30. The maximum absolute atomic E-state index is 15.5. The molecule has 0 amide bonds. The predicted molar refractivity (Wildman–Crippen MR) is 294 cm³/mol. The molecule has 1 radical (unpaired) electrons. The molecule has 419 valence electrons. The molecule has 3 N–H and O–H groups in total. The number of rotatable bonds is 15. The molecule has 0 saturated heterocycles. The zero-order valence-electron chi connectivity index (χ0n) is 43.6. The molecule has 0 saturated carbocycles. The Kier molecular flexibility index (Phi) is 18.2. The third-order valence-corrected chi connectivity index (χ3v) is 16.3. The third kappa shape index (κ3) is 12.9. The van der Waals surface area contributed by atoms with E-state index < -0.39 is 32.1 Å². The van der Waals surface area contributed by atoms with E-state index in [2.05, 4.69) is 44.7 Å². The first-order valence-electron chi connectivity index (χ1n) is 24.0. The smallest absolute Gasteiger partial charge is 0.537 e. The number of nitrogens with zero attached hydrogens (tertiary/aromatic N) is 6. The first-order valence-corrected chi connectivity index (χ1v) is 27.6. The van der Waals surface area contributed by atoms with Crippen molar-refractivity contribution in [1.82, 2.24) is 28.1 Å². The minimum atomic E-state index is -3.92. The minimum Gasteiger partial charge on any atom is -0.537 e. The molecule has 80 heavy (non-hydrogen) atoms. The topological polar surface area (TPSA) is 261 Å². The Morgan fingerprint density at radius 3 is 1.56 bits per heavy atom. The van der Waals surface area contributed by atoms with Crippen molar-refractivity contribution in [3.63, 3.8) is 0 Å². The van der Waals surface area contributed by atoms with Gasteiger partial charge in [-0.2, -0.15) is 25.4 Å². The number of anilines is 2. The molecule has 2 aliphatic heterocycles. The number of nitrogens with one attached hydrogen (secondary N) is 2. The first-order chi connectivity index (χ1) is 38.3. The van der Waals surface area contributed by atoms with Gasteiger partial charge in [0.05, 0.1) is 44.3 Å². The van der Waals surface area contributed by atoms with Crippen molar-refractivity contribution in [3.05, 3.63) is 180 Å². The second kappa shape index (κ2) is 25.0. The fourth-order valence-electron chi connectivity index (χ4n) is 8.81. The van der Waals surface area contributed by atoms with Crippen LogP contribution in [0, 0.1) is 25.5 Å². The van der Waals surface area contributed by atoms with E-state index in [1.807, 2.05) is 26.0 Å². The number of aromatic nitrogens is 4. The number of ether oxygens (including phenoxy) is 4. The minimum absolute atomic E-state index is 0.00877. The Morgan fingerprint density at radius 1 is 0.613 bits per heavy atom. The summed E-state index contributed by atoms with van der Waals surface area (Å²) in [5.74, 6) is 1.55. The van der Waals surface area contributed by atoms with Gasteiger partial charge in [-0.25, -0.2) is 8.78 Å². The van der Waals surface area contributed by atoms with Crippen LogP contribution in [0.4, 0.5) is 20.4 Å². The summed E-state index contributed by atoms with van der Waals surface area (Å²) in [7, 11) is -1.15. The van der Waals surface area contributed by atoms with Crippen molar-refractivity contribution >= 4 is 55.7 Å². The standard InChI is InChI=1S/C26H25FN4O6S.C18H16BrFN4O5S.C8H10BO3/c1-16-4-5-17(12-23(16)35-2)19-13-24(36-3)22(14-20(19)27)31-21-8-10-30(15-18(21)6-7-26(31)32)38(33,34)29-25-9-11-37-28-25;1-28-16-8-12(19)13(20)9-15(16)24-14-4-6-23(10-11(14)2-3-18(24)25)30(26,27)22-17-5-7-29-21-17;1-6-3-4-7(12-9-10)5-8(6)11-2/h4-7,9,11-14H,8,10,15H2,1-3H3,(H,28,29);2-3,5,7-9H,4,6,10H2,1H3,(H,21,22);3-5,10H,1-2H3. The van der Waals surface area contributed by atoms with Gasteiger partial charge in [-0.05, 0) is 81.9 Å². The molecule has 0 spiro atoms. The lowest BCUT2D eigenvalue weighted by molar-refractivity contribution is 0.384. The van der Waals surface area contributed by atoms with Crippen molar-refractivity contribution < 1.29 is 63.3 Å². The maximum atomic E-state index is 15.5. The van der Waals surface area contributed by atoms with Gasteiger partial charge >= 0.3 is 28.1 Å². The molecule has 2 aliphatic rings. The average molecular weight is 1200 g/mol. The normalized spacial score (nSPS) is 13.3. The largest absolute Gasteiger partial charge is 0.569 e. The summed E-state index contributed by atoms with van der Waals surface area (Å²) in [5, 5.41) is 15.5. The third-order valence-electron chi connectivity index (χ3n) is 12.7. The fourth-order valence-corrected chi connectivity index (χ4v) is 11.4. The van der Waals surface area contributed by atoms with Gasteiger partial charge in [0.1, 0.15) is 52.9 Å². The molecule has 0 fully saturated rings. The van der Waals surface area contributed by atoms with Crippen LogP contribution in [0.15, 0.2) is 133 Å². The molecule has 4 aromatic heterocycles. The average Bonchev–Trinajstić information content (AvgIpc) is 4.22. The highest BCUT2D eigenvalue weighted by Crippen LogP contribution is 2.37. The fraction of sp³-hybridized carbons (Fsp3) is 0.231. The van der Waals surface area contributed by atoms with Gasteiger partial charge in [0.15, 0.2) is 11.6 Å². The molecule has 0 unspecified atom stereocenters. The van der Waals surface area contributed by atoms with E-state index in [0.717, 1.165) is 16.9 Å². The Hall–Kier alpha value is -8.02. The highest BCUT2D eigenvalue weighted by molar-refractivity contribution is 9.10.